The van der Waals surface area contributed by atoms with E-state index in [0.29, 0.717) is 0 Å². The van der Waals surface area contributed by atoms with Gasteiger partial charge in [-0.25, -0.2) is 0 Å². The molecule has 0 heterocycles. The fourth-order valence-electron chi connectivity index (χ4n) is 5.16. The molecule has 0 amide bonds. The molecule has 0 spiro atoms. The zero-order chi connectivity index (χ0) is 24.4. The van der Waals surface area contributed by atoms with Crippen molar-refractivity contribution in [3.05, 3.63) is 132 Å². The predicted molar refractivity (Wildman–Crippen MR) is 156 cm³/mol. The lowest BCUT2D eigenvalue weighted by Crippen LogP contribution is -1.96. The number of rotatable bonds is 6. The van der Waals surface area contributed by atoms with Crippen LogP contribution in [0.4, 0.5) is 0 Å². The molecule has 170 valence electrons. The molecule has 0 radical (unpaired) electrons. The predicted octanol–water partition coefficient (Wildman–Crippen LogP) is 10.0. The second-order valence-electron chi connectivity index (χ2n) is 9.07. The fourth-order valence-corrected chi connectivity index (χ4v) is 5.16. The van der Waals surface area contributed by atoms with Gasteiger partial charge in [0.05, 0.1) is 0 Å². The summed E-state index contributed by atoms with van der Waals surface area (Å²) in [6.45, 7) is 12.7. The smallest absolute Gasteiger partial charge is 0.00264 e. The van der Waals surface area contributed by atoms with E-state index in [0.717, 1.165) is 17.5 Å². The van der Waals surface area contributed by atoms with Crippen molar-refractivity contribution in [2.75, 3.05) is 0 Å². The minimum atomic E-state index is 0.961. The molecule has 0 atom stereocenters. The van der Waals surface area contributed by atoms with Crippen molar-refractivity contribution in [1.82, 2.24) is 0 Å². The van der Waals surface area contributed by atoms with Gasteiger partial charge in [0.15, 0.2) is 0 Å². The lowest BCUT2D eigenvalue weighted by molar-refractivity contribution is 1.27. The number of fused-ring (bicyclic) bond motifs is 2. The molecule has 0 fully saturated rings. The van der Waals surface area contributed by atoms with Gasteiger partial charge in [0.25, 0.3) is 0 Å². The highest BCUT2D eigenvalue weighted by molar-refractivity contribution is 6.12. The van der Waals surface area contributed by atoms with Crippen LogP contribution in [0.5, 0.6) is 0 Å². The summed E-state index contributed by atoms with van der Waals surface area (Å²) in [5, 5.41) is 4.97. The molecule has 0 N–H and O–H groups in total. The minimum Gasteiger partial charge on any atom is -0.0984 e. The van der Waals surface area contributed by atoms with Crippen LogP contribution >= 0.6 is 0 Å². The van der Waals surface area contributed by atoms with Gasteiger partial charge in [-0.2, -0.15) is 0 Å². The largest absolute Gasteiger partial charge is 0.0984 e. The molecule has 0 bridgehead atoms. The summed E-state index contributed by atoms with van der Waals surface area (Å²) in [4.78, 5) is 0. The van der Waals surface area contributed by atoms with E-state index in [1.165, 1.54) is 54.9 Å². The van der Waals surface area contributed by atoms with Gasteiger partial charge in [-0.15, -0.1) is 0 Å². The standard InChI is InChI=1S/C35H30/c1-5-8-13-25-17-18-27-23-29(20-19-26(27)22-25)35-31(7-3)30(6-2)34(28-14-11-12-24(4)21-28)32-15-9-10-16-33(32)35/h5-12,14-23H,2-3,13H2,1,4H3/b8-5-. The lowest BCUT2D eigenvalue weighted by atomic mass is 9.83. The molecule has 35 heavy (non-hydrogen) atoms. The molecule has 0 unspecified atom stereocenters. The van der Waals surface area contributed by atoms with Crippen molar-refractivity contribution in [1.29, 1.82) is 0 Å². The number of benzene rings is 5. The van der Waals surface area contributed by atoms with Gasteiger partial charge in [-0.3, -0.25) is 0 Å². The zero-order valence-electron chi connectivity index (χ0n) is 20.5. The zero-order valence-corrected chi connectivity index (χ0v) is 20.5. The third-order valence-corrected chi connectivity index (χ3v) is 6.79. The molecule has 0 aliphatic rings. The molecule has 5 rings (SSSR count). The maximum Gasteiger partial charge on any atom is -0.00264 e. The molecule has 0 saturated heterocycles. The van der Waals surface area contributed by atoms with E-state index in [2.05, 4.69) is 124 Å². The first-order valence-corrected chi connectivity index (χ1v) is 12.2. The molecule has 0 aliphatic carbocycles. The summed E-state index contributed by atoms with van der Waals surface area (Å²) in [6.07, 6.45) is 9.24. The fraction of sp³-hybridized carbons (Fsp3) is 0.0857. The third kappa shape index (κ3) is 4.13. The molecule has 5 aromatic carbocycles. The number of hydrogen-bond acceptors (Lipinski definition) is 0. The van der Waals surface area contributed by atoms with Crippen LogP contribution in [0, 0.1) is 6.92 Å². The van der Waals surface area contributed by atoms with Gasteiger partial charge in [-0.05, 0) is 86.8 Å². The van der Waals surface area contributed by atoms with Crippen LogP contribution in [0.15, 0.2) is 110 Å². The van der Waals surface area contributed by atoms with Crippen LogP contribution < -0.4 is 0 Å². The Bertz CT molecular complexity index is 1610. The van der Waals surface area contributed by atoms with Crippen molar-refractivity contribution in [3.8, 4) is 22.3 Å². The molecule has 0 nitrogen and oxygen atoms in total. The van der Waals surface area contributed by atoms with Gasteiger partial charge in [0, 0.05) is 0 Å². The van der Waals surface area contributed by atoms with Gasteiger partial charge < -0.3 is 0 Å². The molecule has 0 saturated carbocycles. The highest BCUT2D eigenvalue weighted by Gasteiger charge is 2.18. The van der Waals surface area contributed by atoms with E-state index < -0.39 is 0 Å². The van der Waals surface area contributed by atoms with E-state index >= 15 is 0 Å². The van der Waals surface area contributed by atoms with E-state index in [1.807, 2.05) is 12.2 Å². The Hall–Kier alpha value is -4.16. The van der Waals surface area contributed by atoms with Gasteiger partial charge >= 0.3 is 0 Å². The molecule has 0 heteroatoms. The summed E-state index contributed by atoms with van der Waals surface area (Å²) >= 11 is 0. The van der Waals surface area contributed by atoms with Crippen LogP contribution in [-0.4, -0.2) is 0 Å². The van der Waals surface area contributed by atoms with Crippen LogP contribution in [0.3, 0.4) is 0 Å². The first-order valence-electron chi connectivity index (χ1n) is 12.2. The minimum absolute atomic E-state index is 0.961. The second kappa shape index (κ2) is 9.60. The first kappa shape index (κ1) is 22.6. The summed E-state index contributed by atoms with van der Waals surface area (Å²) in [7, 11) is 0. The second-order valence-corrected chi connectivity index (χ2v) is 9.07. The van der Waals surface area contributed by atoms with Crippen LogP contribution in [0.2, 0.25) is 0 Å². The monoisotopic (exact) mass is 450 g/mol. The summed E-state index contributed by atoms with van der Waals surface area (Å²) in [6, 6.07) is 31.0. The van der Waals surface area contributed by atoms with Gasteiger partial charge in [-0.1, -0.05) is 122 Å². The average Bonchev–Trinajstić information content (AvgIpc) is 2.90. The van der Waals surface area contributed by atoms with Crippen molar-refractivity contribution in [2.45, 2.75) is 20.3 Å². The Labute approximate surface area is 208 Å². The van der Waals surface area contributed by atoms with E-state index in [9.17, 15) is 0 Å². The maximum atomic E-state index is 4.23. The topological polar surface area (TPSA) is 0 Å². The van der Waals surface area contributed by atoms with Crippen molar-refractivity contribution in [3.63, 3.8) is 0 Å². The van der Waals surface area contributed by atoms with Gasteiger partial charge in [0.1, 0.15) is 0 Å². The SMILES string of the molecule is C=Cc1c(C=C)c(-c2ccc3cc(C/C=C\C)ccc3c2)c2ccccc2c1-c1cccc(C)c1. The van der Waals surface area contributed by atoms with E-state index in [-0.39, 0.29) is 0 Å². The molecule has 0 aromatic heterocycles. The molecule has 0 aliphatic heterocycles. The van der Waals surface area contributed by atoms with E-state index in [4.69, 9.17) is 0 Å². The molecule has 5 aromatic rings. The number of aryl methyl sites for hydroxylation is 1. The normalized spacial score (nSPS) is 11.4. The Balaban J connectivity index is 1.80. The molecular weight excluding hydrogens is 420 g/mol. The Morgan fingerprint density at radius 1 is 0.657 bits per heavy atom. The Morgan fingerprint density at radius 3 is 1.91 bits per heavy atom. The quantitative estimate of drug-likeness (QED) is 0.226. The van der Waals surface area contributed by atoms with Crippen LogP contribution in [0.25, 0.3) is 56.0 Å². The summed E-state index contributed by atoms with van der Waals surface area (Å²) < 4.78 is 0. The molecular formula is C35H30. The summed E-state index contributed by atoms with van der Waals surface area (Å²) in [5.41, 5.74) is 9.65. The number of hydrogen-bond donors (Lipinski definition) is 0. The highest BCUT2D eigenvalue weighted by Crippen LogP contribution is 2.43. The van der Waals surface area contributed by atoms with Crippen molar-refractivity contribution in [2.24, 2.45) is 0 Å². The van der Waals surface area contributed by atoms with E-state index in [1.54, 1.807) is 0 Å². The van der Waals surface area contributed by atoms with Gasteiger partial charge in [0.2, 0.25) is 0 Å². The highest BCUT2D eigenvalue weighted by atomic mass is 14.2. The lowest BCUT2D eigenvalue weighted by Gasteiger charge is -2.20. The summed E-state index contributed by atoms with van der Waals surface area (Å²) in [5.74, 6) is 0. The van der Waals surface area contributed by atoms with Crippen LogP contribution in [0.1, 0.15) is 29.2 Å². The number of allylic oxidation sites excluding steroid dienone is 2. The maximum absolute atomic E-state index is 4.23. The first-order chi connectivity index (χ1) is 17.1. The Kier molecular flexibility index (Phi) is 6.21. The Morgan fingerprint density at radius 2 is 1.29 bits per heavy atom. The average molecular weight is 451 g/mol. The third-order valence-electron chi connectivity index (χ3n) is 6.79. The van der Waals surface area contributed by atoms with Crippen LogP contribution in [-0.2, 0) is 6.42 Å². The van der Waals surface area contributed by atoms with Crippen molar-refractivity contribution >= 4 is 33.7 Å². The van der Waals surface area contributed by atoms with Crippen molar-refractivity contribution < 1.29 is 0 Å².